The molecule has 11 heavy (non-hydrogen) atoms. The molecule has 1 rings (SSSR count). The zero-order chi connectivity index (χ0) is 8.27. The Balaban J connectivity index is 2.80. The molecule has 0 N–H and O–H groups in total. The molecule has 0 aromatic heterocycles. The Hall–Kier alpha value is -1.10. The molecule has 0 radical (unpaired) electrons. The summed E-state index contributed by atoms with van der Waals surface area (Å²) in [5.74, 6) is 0.0197. The molecule has 58 valence electrons. The summed E-state index contributed by atoms with van der Waals surface area (Å²) in [5.41, 5.74) is 0.670. The lowest BCUT2D eigenvalue weighted by Gasteiger charge is -2.16. The third kappa shape index (κ3) is 1.68. The molecule has 0 aliphatic heterocycles. The summed E-state index contributed by atoms with van der Waals surface area (Å²) in [7, 11) is 0. The number of Topliss-reactive ketones (excluding diaryl/α,β-unsaturated/α-hetero) is 1. The zero-order valence-corrected chi connectivity index (χ0v) is 6.63. The molecule has 2 nitrogen and oxygen atoms in total. The van der Waals surface area contributed by atoms with Gasteiger partial charge in [-0.15, -0.1) is 0 Å². The van der Waals surface area contributed by atoms with Gasteiger partial charge in [-0.05, 0) is 26.2 Å². The Kier molecular flexibility index (Phi) is 2.43. The topological polar surface area (TPSA) is 40.9 Å². The molecular formula is C9H11NO. The van der Waals surface area contributed by atoms with E-state index in [4.69, 9.17) is 5.26 Å². The molecule has 0 spiro atoms. The van der Waals surface area contributed by atoms with Crippen LogP contribution in [0, 0.1) is 17.2 Å². The van der Waals surface area contributed by atoms with Crippen LogP contribution in [-0.2, 0) is 4.79 Å². The number of nitriles is 1. The summed E-state index contributed by atoms with van der Waals surface area (Å²) in [6, 6.07) is 2.08. The summed E-state index contributed by atoms with van der Waals surface area (Å²) in [5, 5.41) is 8.64. The normalized spacial score (nSPS) is 23.6. The van der Waals surface area contributed by atoms with E-state index in [1.54, 1.807) is 6.92 Å². The van der Waals surface area contributed by atoms with Crippen LogP contribution in [0.5, 0.6) is 0 Å². The fraction of sp³-hybridized carbons (Fsp3) is 0.556. The lowest BCUT2D eigenvalue weighted by atomic mass is 9.86. The third-order valence-electron chi connectivity index (χ3n) is 2.06. The fourth-order valence-corrected chi connectivity index (χ4v) is 1.42. The summed E-state index contributed by atoms with van der Waals surface area (Å²) >= 11 is 0. The predicted octanol–water partition coefficient (Wildman–Crippen LogP) is 1.83. The van der Waals surface area contributed by atoms with Crippen LogP contribution in [0.4, 0.5) is 0 Å². The fourth-order valence-electron chi connectivity index (χ4n) is 1.42. The average molecular weight is 149 g/mol. The molecule has 2 heteroatoms. The first-order chi connectivity index (χ1) is 5.25. The maximum absolute atomic E-state index is 11.0. The van der Waals surface area contributed by atoms with Crippen LogP contribution >= 0.6 is 0 Å². The van der Waals surface area contributed by atoms with E-state index in [-0.39, 0.29) is 11.7 Å². The second-order valence-electron chi connectivity index (χ2n) is 2.87. The van der Waals surface area contributed by atoms with Crippen LogP contribution in [0.3, 0.4) is 0 Å². The zero-order valence-electron chi connectivity index (χ0n) is 6.63. The number of carbonyl (C=O) groups is 1. The molecule has 0 heterocycles. The second-order valence-corrected chi connectivity index (χ2v) is 2.87. The quantitative estimate of drug-likeness (QED) is 0.570. The Morgan fingerprint density at radius 1 is 1.82 bits per heavy atom. The molecule has 0 saturated heterocycles. The first-order valence-corrected chi connectivity index (χ1v) is 3.86. The van der Waals surface area contributed by atoms with Crippen LogP contribution in [-0.4, -0.2) is 5.78 Å². The van der Waals surface area contributed by atoms with Crippen molar-refractivity contribution in [2.45, 2.75) is 26.2 Å². The number of hydrogen-bond acceptors (Lipinski definition) is 2. The van der Waals surface area contributed by atoms with E-state index in [2.05, 4.69) is 6.07 Å². The number of rotatable bonds is 1. The van der Waals surface area contributed by atoms with Crippen LogP contribution in [0.15, 0.2) is 11.6 Å². The van der Waals surface area contributed by atoms with Crippen molar-refractivity contribution in [3.63, 3.8) is 0 Å². The molecule has 0 saturated carbocycles. The summed E-state index contributed by atoms with van der Waals surface area (Å²) in [4.78, 5) is 11.0. The lowest BCUT2D eigenvalue weighted by molar-refractivity contribution is -0.119. The molecule has 1 aliphatic carbocycles. The standard InChI is InChI=1S/C9H11NO/c1-7(11)9-5-3-2-4-8(9)6-10/h4,9H,2-3,5H2,1H3. The largest absolute Gasteiger partial charge is 0.299 e. The summed E-state index contributed by atoms with van der Waals surface area (Å²) in [6.45, 7) is 1.56. The van der Waals surface area contributed by atoms with Crippen LogP contribution in [0.25, 0.3) is 0 Å². The number of ketones is 1. The van der Waals surface area contributed by atoms with E-state index in [1.165, 1.54) is 0 Å². The minimum atomic E-state index is -0.103. The first kappa shape index (κ1) is 8.00. The summed E-state index contributed by atoms with van der Waals surface area (Å²) in [6.07, 6.45) is 4.73. The number of carbonyl (C=O) groups excluding carboxylic acids is 1. The SMILES string of the molecule is CC(=O)C1CCCC=C1C#N. The van der Waals surface area contributed by atoms with Gasteiger partial charge in [0.05, 0.1) is 12.0 Å². The second kappa shape index (κ2) is 3.34. The number of nitrogens with zero attached hydrogens (tertiary/aromatic N) is 1. The molecule has 0 fully saturated rings. The highest BCUT2D eigenvalue weighted by Gasteiger charge is 2.21. The van der Waals surface area contributed by atoms with Gasteiger partial charge in [-0.3, -0.25) is 4.79 Å². The maximum atomic E-state index is 11.0. The molecule has 0 aromatic rings. The summed E-state index contributed by atoms with van der Waals surface area (Å²) < 4.78 is 0. The Labute approximate surface area is 66.5 Å². The van der Waals surface area contributed by atoms with Crippen LogP contribution in [0.2, 0.25) is 0 Å². The highest BCUT2D eigenvalue weighted by Crippen LogP contribution is 2.24. The first-order valence-electron chi connectivity index (χ1n) is 3.86. The lowest BCUT2D eigenvalue weighted by Crippen LogP contribution is -2.15. The van der Waals surface area contributed by atoms with Gasteiger partial charge < -0.3 is 0 Å². The van der Waals surface area contributed by atoms with E-state index < -0.39 is 0 Å². The van der Waals surface area contributed by atoms with Gasteiger partial charge in [0, 0.05) is 5.57 Å². The van der Waals surface area contributed by atoms with Crippen LogP contribution < -0.4 is 0 Å². The monoisotopic (exact) mass is 149 g/mol. The van der Waals surface area contributed by atoms with Gasteiger partial charge in [0.25, 0.3) is 0 Å². The van der Waals surface area contributed by atoms with Crippen LogP contribution in [0.1, 0.15) is 26.2 Å². The minimum absolute atomic E-state index is 0.103. The highest BCUT2D eigenvalue weighted by atomic mass is 16.1. The van der Waals surface area contributed by atoms with Gasteiger partial charge in [-0.2, -0.15) is 5.26 Å². The minimum Gasteiger partial charge on any atom is -0.299 e. The van der Waals surface area contributed by atoms with Gasteiger partial charge in [0.2, 0.25) is 0 Å². The smallest absolute Gasteiger partial charge is 0.137 e. The molecule has 1 unspecified atom stereocenters. The molecule has 0 amide bonds. The van der Waals surface area contributed by atoms with E-state index in [9.17, 15) is 4.79 Å². The van der Waals surface area contributed by atoms with E-state index in [0.29, 0.717) is 5.57 Å². The Morgan fingerprint density at radius 2 is 2.55 bits per heavy atom. The van der Waals surface area contributed by atoms with Gasteiger partial charge in [0.1, 0.15) is 5.78 Å². The van der Waals surface area contributed by atoms with Gasteiger partial charge in [-0.1, -0.05) is 6.08 Å². The van der Waals surface area contributed by atoms with Gasteiger partial charge in [0.15, 0.2) is 0 Å². The Morgan fingerprint density at radius 3 is 3.00 bits per heavy atom. The Bertz CT molecular complexity index is 234. The van der Waals surface area contributed by atoms with Crippen molar-refractivity contribution in [2.75, 3.05) is 0 Å². The van der Waals surface area contributed by atoms with E-state index in [1.807, 2.05) is 6.08 Å². The van der Waals surface area contributed by atoms with Crippen molar-refractivity contribution in [1.82, 2.24) is 0 Å². The molecule has 0 aromatic carbocycles. The van der Waals surface area contributed by atoms with E-state index >= 15 is 0 Å². The number of allylic oxidation sites excluding steroid dienone is 2. The average Bonchev–Trinajstić information content (AvgIpc) is 2.04. The molecule has 0 bridgehead atoms. The third-order valence-corrected chi connectivity index (χ3v) is 2.06. The highest BCUT2D eigenvalue weighted by molar-refractivity contribution is 5.82. The van der Waals surface area contributed by atoms with Gasteiger partial charge in [-0.25, -0.2) is 0 Å². The van der Waals surface area contributed by atoms with Crippen molar-refractivity contribution in [3.8, 4) is 6.07 Å². The van der Waals surface area contributed by atoms with Crippen molar-refractivity contribution in [2.24, 2.45) is 5.92 Å². The molecular weight excluding hydrogens is 138 g/mol. The van der Waals surface area contributed by atoms with Crippen molar-refractivity contribution < 1.29 is 4.79 Å². The predicted molar refractivity (Wildman–Crippen MR) is 41.7 cm³/mol. The molecule has 1 atom stereocenters. The van der Waals surface area contributed by atoms with E-state index in [0.717, 1.165) is 19.3 Å². The number of hydrogen-bond donors (Lipinski definition) is 0. The molecule has 1 aliphatic rings. The van der Waals surface area contributed by atoms with Crippen molar-refractivity contribution in [3.05, 3.63) is 11.6 Å². The van der Waals surface area contributed by atoms with Crippen molar-refractivity contribution in [1.29, 1.82) is 5.26 Å². The maximum Gasteiger partial charge on any atom is 0.137 e. The van der Waals surface area contributed by atoms with Gasteiger partial charge >= 0.3 is 0 Å². The van der Waals surface area contributed by atoms with Crippen molar-refractivity contribution >= 4 is 5.78 Å².